The van der Waals surface area contributed by atoms with Gasteiger partial charge in [0.1, 0.15) is 5.69 Å². The number of hydrogen-bond donors (Lipinski definition) is 2. The number of aromatic nitrogens is 4. The number of nitrogens with zero attached hydrogens (tertiary/aromatic N) is 4. The molecule has 3 aromatic heterocycles. The van der Waals surface area contributed by atoms with Crippen LogP contribution in [0.5, 0.6) is 0 Å². The summed E-state index contributed by atoms with van der Waals surface area (Å²) in [6.07, 6.45) is -3.81. The van der Waals surface area contributed by atoms with Crippen LogP contribution in [0.4, 0.5) is 13.2 Å². The molecule has 11 heteroatoms. The Morgan fingerprint density at radius 1 is 1.28 bits per heavy atom. The molecular formula is C18H19F3N4O3S. The van der Waals surface area contributed by atoms with Gasteiger partial charge in [-0.2, -0.15) is 18.3 Å². The third-order valence-corrected chi connectivity index (χ3v) is 6.07. The van der Waals surface area contributed by atoms with E-state index < -0.39 is 11.9 Å². The van der Waals surface area contributed by atoms with Crippen molar-refractivity contribution in [2.45, 2.75) is 38.4 Å². The fraction of sp³-hybridized carbons (Fsp3) is 0.500. The molecule has 1 fully saturated rings. The Kier molecular flexibility index (Phi) is 4.99. The fourth-order valence-electron chi connectivity index (χ4n) is 3.64. The second-order valence-electron chi connectivity index (χ2n) is 7.18. The first-order valence-corrected chi connectivity index (χ1v) is 9.92. The second kappa shape index (κ2) is 7.22. The van der Waals surface area contributed by atoms with Gasteiger partial charge in [-0.25, -0.2) is 4.98 Å². The average Bonchev–Trinajstić information content (AvgIpc) is 3.16. The van der Waals surface area contributed by atoms with Crippen LogP contribution in [-0.4, -0.2) is 42.6 Å². The maximum atomic E-state index is 13.3. The van der Waals surface area contributed by atoms with Crippen molar-refractivity contribution < 1.29 is 23.4 Å². The molecule has 3 aromatic rings. The molecule has 0 radical (unpaired) electrons. The lowest BCUT2D eigenvalue weighted by Crippen LogP contribution is -2.20. The Hall–Kier alpha value is -2.24. The van der Waals surface area contributed by atoms with Crippen LogP contribution in [0, 0.1) is 12.8 Å². The third kappa shape index (κ3) is 3.69. The van der Waals surface area contributed by atoms with Crippen LogP contribution in [0.1, 0.15) is 40.0 Å². The van der Waals surface area contributed by atoms with E-state index >= 15 is 0 Å². The third-order valence-electron chi connectivity index (χ3n) is 5.10. The van der Waals surface area contributed by atoms with Gasteiger partial charge < -0.3 is 10.2 Å². The SMILES string of the molecule is Cc1sc2nc(Cn3nc(CCO)cc3C(F)(F)F)cc(=O)n2c1[C@@H]1C[C@H]1CO. The van der Waals surface area contributed by atoms with Gasteiger partial charge in [0.15, 0.2) is 4.96 Å². The van der Waals surface area contributed by atoms with Gasteiger partial charge in [-0.15, -0.1) is 11.3 Å². The number of hydrogen-bond acceptors (Lipinski definition) is 6. The molecule has 1 aliphatic rings. The number of halogens is 3. The molecule has 0 unspecified atom stereocenters. The standard InChI is InChI=1S/C18H19F3N4O3S/c1-9-16(13-4-10(13)8-27)25-15(28)6-12(22-17(25)29-9)7-24-14(18(19,20)21)5-11(23-24)2-3-26/h5-6,10,13,26-27H,2-4,7-8H2,1H3/t10-,13+/m0/s1. The van der Waals surface area contributed by atoms with Gasteiger partial charge in [0.2, 0.25) is 0 Å². The molecule has 4 rings (SSSR count). The first kappa shape index (κ1) is 20.0. The molecule has 0 aromatic carbocycles. The molecule has 2 atom stereocenters. The Bertz CT molecular complexity index is 1120. The van der Waals surface area contributed by atoms with Crippen molar-refractivity contribution in [3.8, 4) is 0 Å². The summed E-state index contributed by atoms with van der Waals surface area (Å²) in [5.74, 6) is 0.226. The number of aliphatic hydroxyl groups is 2. The molecule has 156 valence electrons. The zero-order valence-corrected chi connectivity index (χ0v) is 16.3. The van der Waals surface area contributed by atoms with E-state index in [9.17, 15) is 23.1 Å². The van der Waals surface area contributed by atoms with Crippen molar-refractivity contribution in [1.29, 1.82) is 0 Å². The number of alkyl halides is 3. The van der Waals surface area contributed by atoms with E-state index in [1.165, 1.54) is 21.8 Å². The van der Waals surface area contributed by atoms with Crippen molar-refractivity contribution in [2.75, 3.05) is 13.2 Å². The number of thiazole rings is 1. The molecule has 0 saturated heterocycles. The first-order chi connectivity index (χ1) is 13.7. The number of fused-ring (bicyclic) bond motifs is 1. The highest BCUT2D eigenvalue weighted by Gasteiger charge is 2.41. The van der Waals surface area contributed by atoms with Crippen molar-refractivity contribution in [2.24, 2.45) is 5.92 Å². The average molecular weight is 428 g/mol. The summed E-state index contributed by atoms with van der Waals surface area (Å²) in [5, 5.41) is 22.2. The largest absolute Gasteiger partial charge is 0.433 e. The van der Waals surface area contributed by atoms with E-state index in [4.69, 9.17) is 5.11 Å². The minimum absolute atomic E-state index is 0.00604. The summed E-state index contributed by atoms with van der Waals surface area (Å²) in [6.45, 7) is 1.31. The molecule has 0 amide bonds. The van der Waals surface area contributed by atoms with Crippen molar-refractivity contribution >= 4 is 16.3 Å². The van der Waals surface area contributed by atoms with Gasteiger partial charge in [0.05, 0.1) is 17.9 Å². The number of aryl methyl sites for hydroxylation is 1. The quantitative estimate of drug-likeness (QED) is 0.626. The lowest BCUT2D eigenvalue weighted by Gasteiger charge is -2.10. The summed E-state index contributed by atoms with van der Waals surface area (Å²) >= 11 is 1.31. The monoisotopic (exact) mass is 428 g/mol. The Labute approximate surface area is 167 Å². The van der Waals surface area contributed by atoms with Crippen molar-refractivity contribution in [3.05, 3.63) is 50.1 Å². The maximum Gasteiger partial charge on any atom is 0.433 e. The topological polar surface area (TPSA) is 92.6 Å². The van der Waals surface area contributed by atoms with Crippen LogP contribution in [0.25, 0.3) is 4.96 Å². The van der Waals surface area contributed by atoms with Crippen LogP contribution in [-0.2, 0) is 19.1 Å². The van der Waals surface area contributed by atoms with E-state index in [-0.39, 0.29) is 55.0 Å². The van der Waals surface area contributed by atoms with Gasteiger partial charge in [0.25, 0.3) is 5.56 Å². The van der Waals surface area contributed by atoms with Crippen LogP contribution in [0.2, 0.25) is 0 Å². The lowest BCUT2D eigenvalue weighted by molar-refractivity contribution is -0.144. The molecule has 29 heavy (non-hydrogen) atoms. The van der Waals surface area contributed by atoms with Crippen LogP contribution < -0.4 is 5.56 Å². The van der Waals surface area contributed by atoms with Crippen molar-refractivity contribution in [3.63, 3.8) is 0 Å². The second-order valence-corrected chi connectivity index (χ2v) is 8.36. The molecule has 1 aliphatic carbocycles. The zero-order chi connectivity index (χ0) is 20.9. The fourth-order valence-corrected chi connectivity index (χ4v) is 4.71. The van der Waals surface area contributed by atoms with Crippen molar-refractivity contribution in [1.82, 2.24) is 19.2 Å². The van der Waals surface area contributed by atoms with Crippen LogP contribution in [0.3, 0.4) is 0 Å². The Morgan fingerprint density at radius 3 is 2.66 bits per heavy atom. The molecule has 0 aliphatic heterocycles. The Morgan fingerprint density at radius 2 is 2.03 bits per heavy atom. The van der Waals surface area contributed by atoms with Gasteiger partial charge in [-0.3, -0.25) is 13.9 Å². The highest BCUT2D eigenvalue weighted by Crippen LogP contribution is 2.49. The summed E-state index contributed by atoms with van der Waals surface area (Å²) in [6, 6.07) is 2.13. The van der Waals surface area contributed by atoms with E-state index in [1.807, 2.05) is 6.92 Å². The van der Waals surface area contributed by atoms with E-state index in [1.54, 1.807) is 0 Å². The predicted molar refractivity (Wildman–Crippen MR) is 99.1 cm³/mol. The maximum absolute atomic E-state index is 13.3. The van der Waals surface area contributed by atoms with Gasteiger partial charge in [-0.1, -0.05) is 0 Å². The Balaban J connectivity index is 1.72. The predicted octanol–water partition coefficient (Wildman–Crippen LogP) is 1.96. The molecule has 0 spiro atoms. The van der Waals surface area contributed by atoms with Crippen LogP contribution >= 0.6 is 11.3 Å². The number of aliphatic hydroxyl groups excluding tert-OH is 2. The smallest absolute Gasteiger partial charge is 0.396 e. The van der Waals surface area contributed by atoms with E-state index in [0.29, 0.717) is 4.96 Å². The first-order valence-electron chi connectivity index (χ1n) is 9.10. The minimum atomic E-state index is -4.61. The zero-order valence-electron chi connectivity index (χ0n) is 15.5. The molecule has 7 nitrogen and oxygen atoms in total. The normalized spacial score (nSPS) is 19.2. The highest BCUT2D eigenvalue weighted by molar-refractivity contribution is 7.17. The summed E-state index contributed by atoms with van der Waals surface area (Å²) < 4.78 is 42.3. The summed E-state index contributed by atoms with van der Waals surface area (Å²) in [5.41, 5.74) is -0.176. The van der Waals surface area contributed by atoms with E-state index in [2.05, 4.69) is 10.1 Å². The van der Waals surface area contributed by atoms with Crippen LogP contribution in [0.15, 0.2) is 16.9 Å². The van der Waals surface area contributed by atoms with Gasteiger partial charge in [-0.05, 0) is 25.3 Å². The van der Waals surface area contributed by atoms with E-state index in [0.717, 1.165) is 27.7 Å². The minimum Gasteiger partial charge on any atom is -0.396 e. The number of rotatable bonds is 6. The lowest BCUT2D eigenvalue weighted by atomic mass is 10.2. The summed E-state index contributed by atoms with van der Waals surface area (Å²) in [4.78, 5) is 18.4. The molecular weight excluding hydrogens is 409 g/mol. The molecule has 3 heterocycles. The van der Waals surface area contributed by atoms with Gasteiger partial charge in [0, 0.05) is 42.2 Å². The highest BCUT2D eigenvalue weighted by atomic mass is 32.1. The molecule has 0 bridgehead atoms. The molecule has 2 N–H and O–H groups in total. The molecule has 1 saturated carbocycles. The van der Waals surface area contributed by atoms with Gasteiger partial charge >= 0.3 is 6.18 Å². The summed E-state index contributed by atoms with van der Waals surface area (Å²) in [7, 11) is 0.